The van der Waals surface area contributed by atoms with Crippen molar-refractivity contribution in [2.75, 3.05) is 4.90 Å². The van der Waals surface area contributed by atoms with E-state index in [4.69, 9.17) is 0 Å². The van der Waals surface area contributed by atoms with Gasteiger partial charge in [0.2, 0.25) is 0 Å². The van der Waals surface area contributed by atoms with Crippen molar-refractivity contribution in [1.82, 2.24) is 0 Å². The Hall–Kier alpha value is -1.80. The molecule has 0 unspecified atom stereocenters. The predicted octanol–water partition coefficient (Wildman–Crippen LogP) is 6.61. The molecule has 132 valence electrons. The molecule has 25 heavy (non-hydrogen) atoms. The standard InChI is InChI=1S/C23H31NSi/c1-7-18-23(25(5,6)22(2,3)4)21(19-14-10-8-11-15-19)24(23)20-16-12-9-13-17-20/h7-17,21H,1,18H2,2-6H3/t21-,23+,24?/m1/s1. The first-order chi connectivity index (χ1) is 11.8. The molecule has 0 aromatic heterocycles. The van der Waals surface area contributed by atoms with E-state index >= 15 is 0 Å². The first-order valence-electron chi connectivity index (χ1n) is 9.27. The molecular weight excluding hydrogens is 318 g/mol. The maximum atomic E-state index is 4.13. The zero-order valence-corrected chi connectivity index (χ0v) is 17.3. The number of para-hydroxylation sites is 1. The van der Waals surface area contributed by atoms with E-state index in [0.717, 1.165) is 6.42 Å². The van der Waals surface area contributed by atoms with Gasteiger partial charge >= 0.3 is 0 Å². The third-order valence-corrected chi connectivity index (χ3v) is 13.3. The molecule has 0 saturated carbocycles. The minimum Gasteiger partial charge on any atom is -0.357 e. The highest BCUT2D eigenvalue weighted by Gasteiger charge is 2.72. The smallest absolute Gasteiger partial charge is 0.0862 e. The number of anilines is 1. The minimum absolute atomic E-state index is 0.176. The van der Waals surface area contributed by atoms with Crippen LogP contribution in [0.5, 0.6) is 0 Å². The summed E-state index contributed by atoms with van der Waals surface area (Å²) in [4.78, 5) is 2.68. The second-order valence-corrected chi connectivity index (χ2v) is 14.4. The first-order valence-corrected chi connectivity index (χ1v) is 12.3. The van der Waals surface area contributed by atoms with Crippen LogP contribution in [0.2, 0.25) is 18.1 Å². The summed E-state index contributed by atoms with van der Waals surface area (Å²) in [6.45, 7) is 16.5. The van der Waals surface area contributed by atoms with E-state index in [0.29, 0.717) is 11.1 Å². The van der Waals surface area contributed by atoms with Crippen molar-refractivity contribution in [1.29, 1.82) is 0 Å². The summed E-state index contributed by atoms with van der Waals surface area (Å²) in [5.74, 6) is 0. The van der Waals surface area contributed by atoms with Crippen molar-refractivity contribution < 1.29 is 0 Å². The number of benzene rings is 2. The second-order valence-electron chi connectivity index (χ2n) is 8.81. The Morgan fingerprint density at radius 2 is 1.52 bits per heavy atom. The minimum atomic E-state index is -1.68. The summed E-state index contributed by atoms with van der Waals surface area (Å²) in [5, 5.41) is 0.488. The quantitative estimate of drug-likeness (QED) is 0.333. The Morgan fingerprint density at radius 1 is 1.00 bits per heavy atom. The van der Waals surface area contributed by atoms with Crippen LogP contribution < -0.4 is 4.90 Å². The largest absolute Gasteiger partial charge is 0.357 e. The number of nitrogens with zero attached hydrogens (tertiary/aromatic N) is 1. The van der Waals surface area contributed by atoms with E-state index in [2.05, 4.69) is 112 Å². The molecule has 0 radical (unpaired) electrons. The lowest BCUT2D eigenvalue weighted by atomic mass is 10.1. The maximum absolute atomic E-state index is 4.13. The fourth-order valence-electron chi connectivity index (χ4n) is 4.34. The van der Waals surface area contributed by atoms with Gasteiger partial charge in [0.25, 0.3) is 0 Å². The predicted molar refractivity (Wildman–Crippen MR) is 113 cm³/mol. The van der Waals surface area contributed by atoms with Crippen LogP contribution in [-0.4, -0.2) is 13.2 Å². The monoisotopic (exact) mass is 349 g/mol. The van der Waals surface area contributed by atoms with Gasteiger partial charge in [0.05, 0.1) is 19.3 Å². The average molecular weight is 350 g/mol. The van der Waals surface area contributed by atoms with Gasteiger partial charge in [-0.2, -0.15) is 0 Å². The Balaban J connectivity index is 2.18. The Labute approximate surface area is 154 Å². The lowest BCUT2D eigenvalue weighted by Gasteiger charge is -2.44. The van der Waals surface area contributed by atoms with Crippen LogP contribution in [0, 0.1) is 0 Å². The van der Waals surface area contributed by atoms with Crippen LogP contribution in [0.3, 0.4) is 0 Å². The van der Waals surface area contributed by atoms with Crippen molar-refractivity contribution in [3.05, 3.63) is 78.9 Å². The van der Waals surface area contributed by atoms with Crippen molar-refractivity contribution in [2.45, 2.75) is 56.5 Å². The Morgan fingerprint density at radius 3 is 2.00 bits per heavy atom. The molecule has 0 aliphatic carbocycles. The van der Waals surface area contributed by atoms with Gasteiger partial charge in [0.15, 0.2) is 0 Å². The summed E-state index contributed by atoms with van der Waals surface area (Å²) < 4.78 is 0. The lowest BCUT2D eigenvalue weighted by Crippen LogP contribution is -2.54. The van der Waals surface area contributed by atoms with Crippen LogP contribution >= 0.6 is 0 Å². The topological polar surface area (TPSA) is 3.01 Å². The van der Waals surface area contributed by atoms with Gasteiger partial charge < -0.3 is 4.90 Å². The molecule has 0 spiro atoms. The first kappa shape index (κ1) is 18.0. The fraction of sp³-hybridized carbons (Fsp3) is 0.391. The highest BCUT2D eigenvalue weighted by atomic mass is 28.3. The van der Waals surface area contributed by atoms with Gasteiger partial charge in [-0.3, -0.25) is 0 Å². The molecule has 0 N–H and O–H groups in total. The van der Waals surface area contributed by atoms with Crippen molar-refractivity contribution in [3.63, 3.8) is 0 Å². The number of hydrogen-bond acceptors (Lipinski definition) is 1. The van der Waals surface area contributed by atoms with Gasteiger partial charge in [-0.25, -0.2) is 0 Å². The maximum Gasteiger partial charge on any atom is 0.0862 e. The molecule has 3 rings (SSSR count). The Bertz CT molecular complexity index is 682. The molecule has 0 amide bonds. The molecule has 1 aliphatic rings. The number of rotatable bonds is 5. The SMILES string of the molecule is C=CC[C@]1([Si](C)(C)C(C)(C)C)[C@@H](c2ccccc2)N1c1ccccc1. The van der Waals surface area contributed by atoms with Crippen molar-refractivity contribution >= 4 is 13.8 Å². The van der Waals surface area contributed by atoms with Gasteiger partial charge in [-0.05, 0) is 29.2 Å². The number of hydrogen-bond donors (Lipinski definition) is 0. The molecule has 0 bridgehead atoms. The molecular formula is C23H31NSi. The van der Waals surface area contributed by atoms with E-state index < -0.39 is 8.07 Å². The average Bonchev–Trinajstić information content (AvgIpc) is 3.26. The summed E-state index contributed by atoms with van der Waals surface area (Å²) >= 11 is 0. The highest BCUT2D eigenvalue weighted by Crippen LogP contribution is 2.66. The van der Waals surface area contributed by atoms with Crippen molar-refractivity contribution in [3.8, 4) is 0 Å². The molecule has 1 heterocycles. The van der Waals surface area contributed by atoms with E-state index in [1.165, 1.54) is 11.3 Å². The van der Waals surface area contributed by atoms with E-state index in [-0.39, 0.29) is 5.16 Å². The van der Waals surface area contributed by atoms with Crippen LogP contribution in [0.15, 0.2) is 73.3 Å². The zero-order valence-electron chi connectivity index (χ0n) is 16.3. The van der Waals surface area contributed by atoms with Crippen molar-refractivity contribution in [2.24, 2.45) is 0 Å². The molecule has 2 heteroatoms. The van der Waals surface area contributed by atoms with Gasteiger partial charge in [-0.1, -0.05) is 88.5 Å². The van der Waals surface area contributed by atoms with Gasteiger partial charge in [-0.15, -0.1) is 6.58 Å². The van der Waals surface area contributed by atoms with Gasteiger partial charge in [0.1, 0.15) is 0 Å². The normalized spacial score (nSPS) is 23.4. The second kappa shape index (κ2) is 6.17. The van der Waals surface area contributed by atoms with E-state index in [1.54, 1.807) is 0 Å². The summed E-state index contributed by atoms with van der Waals surface area (Å²) in [6, 6.07) is 22.4. The highest BCUT2D eigenvalue weighted by molar-refractivity contribution is 6.85. The summed E-state index contributed by atoms with van der Waals surface area (Å²) in [5.41, 5.74) is 2.76. The molecule has 1 nitrogen and oxygen atoms in total. The molecule has 2 aromatic carbocycles. The van der Waals surface area contributed by atoms with Crippen LogP contribution in [-0.2, 0) is 0 Å². The molecule has 1 saturated heterocycles. The Kier molecular flexibility index (Phi) is 4.44. The van der Waals surface area contributed by atoms with Gasteiger partial charge in [0, 0.05) is 5.69 Å². The summed E-state index contributed by atoms with van der Waals surface area (Å²) in [7, 11) is -1.68. The van der Waals surface area contributed by atoms with Crippen LogP contribution in [0.25, 0.3) is 0 Å². The molecule has 2 aromatic rings. The third-order valence-electron chi connectivity index (χ3n) is 6.64. The van der Waals surface area contributed by atoms with E-state index in [1.807, 2.05) is 0 Å². The fourth-order valence-corrected chi connectivity index (χ4v) is 8.07. The summed E-state index contributed by atoms with van der Waals surface area (Å²) in [6.07, 6.45) is 3.18. The zero-order chi connectivity index (χ0) is 18.3. The van der Waals surface area contributed by atoms with Crippen LogP contribution in [0.1, 0.15) is 38.8 Å². The molecule has 2 atom stereocenters. The third kappa shape index (κ3) is 2.67. The molecule has 1 fully saturated rings. The van der Waals surface area contributed by atoms with Crippen LogP contribution in [0.4, 0.5) is 5.69 Å². The molecule has 1 aliphatic heterocycles. The lowest BCUT2D eigenvalue weighted by molar-refractivity contribution is 0.663. The van der Waals surface area contributed by atoms with E-state index in [9.17, 15) is 0 Å².